The van der Waals surface area contributed by atoms with Crippen LogP contribution in [0.2, 0.25) is 5.02 Å². The van der Waals surface area contributed by atoms with Crippen molar-refractivity contribution in [2.24, 2.45) is 7.05 Å². The van der Waals surface area contributed by atoms with Gasteiger partial charge in [-0.15, -0.1) is 0 Å². The Morgan fingerprint density at radius 1 is 1.22 bits per heavy atom. The summed E-state index contributed by atoms with van der Waals surface area (Å²) in [7, 11) is 3.08. The highest BCUT2D eigenvalue weighted by molar-refractivity contribution is 6.31. The molecule has 1 N–H and O–H groups in total. The van der Waals surface area contributed by atoms with E-state index in [4.69, 9.17) is 21.1 Å². The third-order valence-corrected chi connectivity index (χ3v) is 4.42. The summed E-state index contributed by atoms with van der Waals surface area (Å²) in [6.45, 7) is 4.65. The number of carbonyl (C=O) groups excluding carboxylic acids is 3. The molecular weight excluding hydrogens is 372 g/mol. The number of Topliss-reactive ketones (excluding diaryl/α,β-unsaturated/α-hetero) is 1. The Bertz CT molecular complexity index is 904. The van der Waals surface area contributed by atoms with Crippen LogP contribution in [0.15, 0.2) is 24.4 Å². The van der Waals surface area contributed by atoms with Crippen LogP contribution in [0.25, 0.3) is 0 Å². The zero-order valence-corrected chi connectivity index (χ0v) is 16.5. The second-order valence-electron chi connectivity index (χ2n) is 6.12. The third-order valence-electron chi connectivity index (χ3n) is 4.01. The number of ether oxygens (including phenoxy) is 2. The number of rotatable bonds is 6. The number of methoxy groups -OCH3 is 1. The van der Waals surface area contributed by atoms with Gasteiger partial charge in [-0.1, -0.05) is 11.6 Å². The molecule has 0 aliphatic rings. The van der Waals surface area contributed by atoms with Crippen molar-refractivity contribution in [1.29, 1.82) is 0 Å². The van der Waals surface area contributed by atoms with Crippen LogP contribution in [0.5, 0.6) is 5.75 Å². The lowest BCUT2D eigenvalue weighted by Gasteiger charge is -2.16. The van der Waals surface area contributed by atoms with Gasteiger partial charge < -0.3 is 19.4 Å². The highest BCUT2D eigenvalue weighted by atomic mass is 35.5. The number of carbonyl (C=O) groups is 3. The van der Waals surface area contributed by atoms with E-state index >= 15 is 0 Å². The van der Waals surface area contributed by atoms with E-state index in [1.165, 1.54) is 37.8 Å². The molecule has 0 bridgehead atoms. The van der Waals surface area contributed by atoms with Crippen LogP contribution in [0.3, 0.4) is 0 Å². The van der Waals surface area contributed by atoms with Crippen LogP contribution in [0.1, 0.15) is 40.3 Å². The van der Waals surface area contributed by atoms with Gasteiger partial charge in [0.2, 0.25) is 0 Å². The summed E-state index contributed by atoms with van der Waals surface area (Å²) in [5.74, 6) is -0.997. The van der Waals surface area contributed by atoms with Gasteiger partial charge in [-0.3, -0.25) is 9.59 Å². The minimum Gasteiger partial charge on any atom is -0.495 e. The maximum atomic E-state index is 12.4. The largest absolute Gasteiger partial charge is 0.495 e. The van der Waals surface area contributed by atoms with Crippen LogP contribution >= 0.6 is 11.6 Å². The van der Waals surface area contributed by atoms with E-state index in [-0.39, 0.29) is 11.5 Å². The van der Waals surface area contributed by atoms with Crippen molar-refractivity contribution in [1.82, 2.24) is 4.57 Å². The van der Waals surface area contributed by atoms with E-state index in [0.717, 1.165) is 5.56 Å². The van der Waals surface area contributed by atoms with Crippen molar-refractivity contribution in [3.05, 3.63) is 46.2 Å². The van der Waals surface area contributed by atoms with Crippen LogP contribution in [0, 0.1) is 6.92 Å². The van der Waals surface area contributed by atoms with Crippen LogP contribution in [-0.4, -0.2) is 35.4 Å². The summed E-state index contributed by atoms with van der Waals surface area (Å²) in [6.07, 6.45) is 0.472. The predicted octanol–water partition coefficient (Wildman–Crippen LogP) is 3.38. The van der Waals surface area contributed by atoms with Gasteiger partial charge in [-0.05, 0) is 38.5 Å². The number of amides is 1. The Balaban J connectivity index is 2.11. The average molecular weight is 393 g/mol. The fraction of sp³-hybridized carbons (Fsp3) is 0.316. The second-order valence-corrected chi connectivity index (χ2v) is 6.53. The van der Waals surface area contributed by atoms with E-state index in [1.54, 1.807) is 26.1 Å². The molecule has 0 spiro atoms. The molecule has 1 atom stereocenters. The summed E-state index contributed by atoms with van der Waals surface area (Å²) in [6, 6.07) is 4.70. The number of hydrogen-bond donors (Lipinski definition) is 1. The van der Waals surface area contributed by atoms with E-state index in [1.807, 2.05) is 0 Å². The number of esters is 1. The zero-order valence-electron chi connectivity index (χ0n) is 15.8. The molecule has 1 amide bonds. The molecule has 0 aliphatic carbocycles. The minimum absolute atomic E-state index is 0.166. The number of ketones is 1. The number of aromatic nitrogens is 1. The lowest BCUT2D eigenvalue weighted by Crippen LogP contribution is -2.30. The molecule has 0 fully saturated rings. The van der Waals surface area contributed by atoms with Gasteiger partial charge in [0.05, 0.1) is 12.8 Å². The van der Waals surface area contributed by atoms with Crippen molar-refractivity contribution in [3.63, 3.8) is 0 Å². The maximum absolute atomic E-state index is 12.4. The average Bonchev–Trinajstić information content (AvgIpc) is 3.00. The summed E-state index contributed by atoms with van der Waals surface area (Å²) < 4.78 is 11.9. The summed E-state index contributed by atoms with van der Waals surface area (Å²) >= 11 is 6.05. The molecule has 144 valence electrons. The fourth-order valence-corrected chi connectivity index (χ4v) is 2.55. The SMILES string of the molecule is COc1cc(Cl)c(C)cc1NC(=O)C(C)OC(=O)c1cc(C(C)=O)cn1C. The smallest absolute Gasteiger partial charge is 0.355 e. The number of nitrogens with zero attached hydrogens (tertiary/aromatic N) is 1. The number of anilines is 1. The Morgan fingerprint density at radius 3 is 2.44 bits per heavy atom. The highest BCUT2D eigenvalue weighted by Gasteiger charge is 2.23. The summed E-state index contributed by atoms with van der Waals surface area (Å²) in [5.41, 5.74) is 1.76. The molecule has 7 nitrogen and oxygen atoms in total. The zero-order chi connectivity index (χ0) is 20.3. The van der Waals surface area contributed by atoms with Crippen molar-refractivity contribution in [3.8, 4) is 5.75 Å². The Labute approximate surface area is 162 Å². The van der Waals surface area contributed by atoms with Gasteiger partial charge in [0, 0.05) is 29.9 Å². The van der Waals surface area contributed by atoms with Crippen LogP contribution in [-0.2, 0) is 16.6 Å². The lowest BCUT2D eigenvalue weighted by molar-refractivity contribution is -0.123. The fourth-order valence-electron chi connectivity index (χ4n) is 2.40. The number of hydrogen-bond acceptors (Lipinski definition) is 5. The Hall–Kier alpha value is -2.80. The molecule has 0 radical (unpaired) electrons. The Morgan fingerprint density at radius 2 is 1.89 bits per heavy atom. The monoisotopic (exact) mass is 392 g/mol. The molecule has 1 unspecified atom stereocenters. The van der Waals surface area contributed by atoms with Gasteiger partial charge >= 0.3 is 5.97 Å². The predicted molar refractivity (Wildman–Crippen MR) is 102 cm³/mol. The highest BCUT2D eigenvalue weighted by Crippen LogP contribution is 2.31. The van der Waals surface area contributed by atoms with Crippen LogP contribution < -0.4 is 10.1 Å². The topological polar surface area (TPSA) is 86.6 Å². The standard InChI is InChI=1S/C19H21ClN2O5/c1-10-6-15(17(26-5)8-14(10)20)21-18(24)12(3)27-19(25)16-7-13(11(2)23)9-22(16)4/h6-9,12H,1-5H3,(H,21,24). The number of nitrogens with one attached hydrogen (secondary N) is 1. The van der Waals surface area contributed by atoms with Crippen LogP contribution in [0.4, 0.5) is 5.69 Å². The van der Waals surface area contributed by atoms with Crippen molar-refractivity contribution >= 4 is 34.9 Å². The summed E-state index contributed by atoms with van der Waals surface area (Å²) in [4.78, 5) is 36.1. The van der Waals surface area contributed by atoms with Gasteiger partial charge in [0.25, 0.3) is 5.91 Å². The number of aryl methyl sites for hydroxylation is 2. The molecule has 27 heavy (non-hydrogen) atoms. The molecule has 0 aliphatic heterocycles. The second kappa shape index (κ2) is 8.26. The van der Waals surface area contributed by atoms with Gasteiger partial charge in [-0.2, -0.15) is 0 Å². The van der Waals surface area contributed by atoms with Crippen molar-refractivity contribution in [2.75, 3.05) is 12.4 Å². The molecule has 1 aromatic carbocycles. The first kappa shape index (κ1) is 20.5. The normalized spacial score (nSPS) is 11.6. The number of halogens is 1. The van der Waals surface area contributed by atoms with Gasteiger partial charge in [0.15, 0.2) is 11.9 Å². The molecule has 0 saturated carbocycles. The van der Waals surface area contributed by atoms with Crippen molar-refractivity contribution in [2.45, 2.75) is 26.9 Å². The summed E-state index contributed by atoms with van der Waals surface area (Å²) in [5, 5.41) is 3.17. The Kier molecular flexibility index (Phi) is 6.28. The minimum atomic E-state index is -1.06. The lowest BCUT2D eigenvalue weighted by atomic mass is 10.2. The van der Waals surface area contributed by atoms with Crippen molar-refractivity contribution < 1.29 is 23.9 Å². The third kappa shape index (κ3) is 4.68. The first-order valence-corrected chi connectivity index (χ1v) is 8.55. The van der Waals surface area contributed by atoms with E-state index in [9.17, 15) is 14.4 Å². The molecule has 2 rings (SSSR count). The number of benzene rings is 1. The molecule has 1 heterocycles. The maximum Gasteiger partial charge on any atom is 0.355 e. The molecule has 8 heteroatoms. The van der Waals surface area contributed by atoms with E-state index in [2.05, 4.69) is 5.32 Å². The molecule has 2 aromatic rings. The molecule has 0 saturated heterocycles. The van der Waals surface area contributed by atoms with E-state index < -0.39 is 18.0 Å². The quantitative estimate of drug-likeness (QED) is 0.601. The first-order valence-electron chi connectivity index (χ1n) is 8.17. The van der Waals surface area contributed by atoms with Gasteiger partial charge in [0.1, 0.15) is 11.4 Å². The molecular formula is C19H21ClN2O5. The molecule has 1 aromatic heterocycles. The van der Waals surface area contributed by atoms with Gasteiger partial charge in [-0.25, -0.2) is 4.79 Å². The first-order chi connectivity index (χ1) is 12.6. The van der Waals surface area contributed by atoms with E-state index in [0.29, 0.717) is 22.0 Å².